The lowest BCUT2D eigenvalue weighted by atomic mass is 10.2. The van der Waals surface area contributed by atoms with Gasteiger partial charge >= 0.3 is 0 Å². The minimum Gasteiger partial charge on any atom is -0.365 e. The van der Waals surface area contributed by atoms with E-state index < -0.39 is 11.8 Å². The number of thioether (sulfide) groups is 1. The van der Waals surface area contributed by atoms with Crippen molar-refractivity contribution in [2.45, 2.75) is 23.0 Å². The third-order valence-corrected chi connectivity index (χ3v) is 3.61. The quantitative estimate of drug-likeness (QED) is 0.798. The van der Waals surface area contributed by atoms with Gasteiger partial charge in [-0.05, 0) is 18.9 Å². The number of rotatable bonds is 4. The first kappa shape index (κ1) is 10.9. The summed E-state index contributed by atoms with van der Waals surface area (Å²) in [5.41, 5.74) is 10.5. The molecular formula is C10H11N3O2S. The van der Waals surface area contributed by atoms with Crippen LogP contribution >= 0.6 is 11.8 Å². The molecule has 16 heavy (non-hydrogen) atoms. The van der Waals surface area contributed by atoms with E-state index in [0.29, 0.717) is 10.1 Å². The van der Waals surface area contributed by atoms with E-state index in [2.05, 4.69) is 4.98 Å². The van der Waals surface area contributed by atoms with E-state index in [0.717, 1.165) is 12.8 Å². The summed E-state index contributed by atoms with van der Waals surface area (Å²) in [6, 6.07) is 1.69. The summed E-state index contributed by atoms with van der Waals surface area (Å²) in [4.78, 5) is 26.9. The summed E-state index contributed by atoms with van der Waals surface area (Å²) in [5, 5.41) is 0.515. The molecule has 4 N–H and O–H groups in total. The molecule has 0 atom stereocenters. The van der Waals surface area contributed by atoms with Gasteiger partial charge in [0.15, 0.2) is 0 Å². The average molecular weight is 237 g/mol. The maximum Gasteiger partial charge on any atom is 0.268 e. The fourth-order valence-electron chi connectivity index (χ4n) is 1.33. The average Bonchev–Trinajstić information content (AvgIpc) is 3.00. The second-order valence-electron chi connectivity index (χ2n) is 3.58. The molecule has 0 spiro atoms. The van der Waals surface area contributed by atoms with E-state index in [1.54, 1.807) is 17.8 Å². The van der Waals surface area contributed by atoms with Crippen molar-refractivity contribution in [3.05, 3.63) is 23.5 Å². The van der Waals surface area contributed by atoms with Crippen molar-refractivity contribution in [3.8, 4) is 0 Å². The molecule has 84 valence electrons. The van der Waals surface area contributed by atoms with E-state index in [4.69, 9.17) is 11.5 Å². The lowest BCUT2D eigenvalue weighted by Gasteiger charge is -2.08. The highest BCUT2D eigenvalue weighted by molar-refractivity contribution is 8.00. The molecule has 1 fully saturated rings. The molecule has 0 aromatic carbocycles. The largest absolute Gasteiger partial charge is 0.365 e. The first-order chi connectivity index (χ1) is 7.59. The number of carbonyl (C=O) groups excluding carboxylic acids is 2. The standard InChI is InChI=1S/C10H11N3O2S/c11-9(14)7-6(16-5-1-2-5)3-4-13-8(7)10(12)15/h3-5H,1-2H2,(H2,11,14)(H2,12,15). The summed E-state index contributed by atoms with van der Waals surface area (Å²) in [7, 11) is 0. The van der Waals surface area contributed by atoms with Crippen molar-refractivity contribution in [1.82, 2.24) is 4.98 Å². The smallest absolute Gasteiger partial charge is 0.268 e. The Bertz CT molecular complexity index is 457. The zero-order chi connectivity index (χ0) is 11.7. The van der Waals surface area contributed by atoms with Crippen molar-refractivity contribution in [2.24, 2.45) is 11.5 Å². The van der Waals surface area contributed by atoms with Crippen molar-refractivity contribution in [3.63, 3.8) is 0 Å². The number of carbonyl (C=O) groups is 2. The highest BCUT2D eigenvalue weighted by Crippen LogP contribution is 2.40. The number of nitrogens with two attached hydrogens (primary N) is 2. The van der Waals surface area contributed by atoms with Crippen LogP contribution in [-0.2, 0) is 0 Å². The highest BCUT2D eigenvalue weighted by Gasteiger charge is 2.26. The van der Waals surface area contributed by atoms with Crippen LogP contribution < -0.4 is 11.5 Å². The van der Waals surface area contributed by atoms with Crippen LogP contribution in [-0.4, -0.2) is 22.0 Å². The van der Waals surface area contributed by atoms with Crippen LogP contribution in [0.2, 0.25) is 0 Å². The third-order valence-electron chi connectivity index (χ3n) is 2.21. The van der Waals surface area contributed by atoms with Crippen LogP contribution in [0.15, 0.2) is 17.2 Å². The lowest BCUT2D eigenvalue weighted by Crippen LogP contribution is -2.23. The molecule has 0 saturated heterocycles. The second kappa shape index (κ2) is 4.13. The number of primary amides is 2. The van der Waals surface area contributed by atoms with E-state index in [1.807, 2.05) is 0 Å². The van der Waals surface area contributed by atoms with Crippen LogP contribution in [0.3, 0.4) is 0 Å². The van der Waals surface area contributed by atoms with Gasteiger partial charge in [0, 0.05) is 16.3 Å². The molecule has 1 aromatic heterocycles. The number of aromatic nitrogens is 1. The van der Waals surface area contributed by atoms with Gasteiger partial charge < -0.3 is 11.5 Å². The molecule has 5 nitrogen and oxygen atoms in total. The molecule has 0 radical (unpaired) electrons. The van der Waals surface area contributed by atoms with Gasteiger partial charge in [-0.2, -0.15) is 0 Å². The van der Waals surface area contributed by atoms with Gasteiger partial charge in [-0.25, -0.2) is 0 Å². The van der Waals surface area contributed by atoms with Gasteiger partial charge in [-0.1, -0.05) is 0 Å². The summed E-state index contributed by atoms with van der Waals surface area (Å²) >= 11 is 1.55. The normalized spacial score (nSPS) is 14.8. The molecule has 1 heterocycles. The Morgan fingerprint density at radius 3 is 2.50 bits per heavy atom. The SMILES string of the molecule is NC(=O)c1nccc(SC2CC2)c1C(N)=O. The first-order valence-electron chi connectivity index (χ1n) is 4.85. The third kappa shape index (κ3) is 2.16. The maximum atomic E-state index is 11.3. The number of hydrogen-bond donors (Lipinski definition) is 2. The molecule has 1 saturated carbocycles. The number of hydrogen-bond acceptors (Lipinski definition) is 4. The second-order valence-corrected chi connectivity index (χ2v) is 4.92. The molecule has 2 amide bonds. The zero-order valence-electron chi connectivity index (χ0n) is 8.47. The zero-order valence-corrected chi connectivity index (χ0v) is 9.29. The molecule has 0 unspecified atom stereocenters. The summed E-state index contributed by atoms with van der Waals surface area (Å²) in [5.74, 6) is -1.39. The fourth-order valence-corrected chi connectivity index (χ4v) is 2.52. The van der Waals surface area contributed by atoms with Crippen LogP contribution in [0.25, 0.3) is 0 Å². The maximum absolute atomic E-state index is 11.3. The lowest BCUT2D eigenvalue weighted by molar-refractivity contribution is 0.0961. The van der Waals surface area contributed by atoms with E-state index in [1.165, 1.54) is 6.20 Å². The van der Waals surface area contributed by atoms with Gasteiger partial charge in [0.05, 0.1) is 5.56 Å². The molecule has 2 rings (SSSR count). The van der Waals surface area contributed by atoms with Crippen molar-refractivity contribution >= 4 is 23.6 Å². The first-order valence-corrected chi connectivity index (χ1v) is 5.73. The molecule has 1 aliphatic carbocycles. The molecule has 0 aliphatic heterocycles. The topological polar surface area (TPSA) is 99.1 Å². The minimum atomic E-state index is -0.730. The molecule has 1 aliphatic rings. The van der Waals surface area contributed by atoms with Crippen molar-refractivity contribution < 1.29 is 9.59 Å². The highest BCUT2D eigenvalue weighted by atomic mass is 32.2. The molecule has 0 bridgehead atoms. The van der Waals surface area contributed by atoms with Gasteiger partial charge in [0.1, 0.15) is 5.69 Å². The molecule has 6 heteroatoms. The van der Waals surface area contributed by atoms with Gasteiger partial charge in [-0.3, -0.25) is 14.6 Å². The fraction of sp³-hybridized carbons (Fsp3) is 0.300. The van der Waals surface area contributed by atoms with Crippen LogP contribution in [0.1, 0.15) is 33.7 Å². The monoisotopic (exact) mass is 237 g/mol. The van der Waals surface area contributed by atoms with Crippen LogP contribution in [0.5, 0.6) is 0 Å². The van der Waals surface area contributed by atoms with E-state index in [9.17, 15) is 9.59 Å². The minimum absolute atomic E-state index is 0.0434. The summed E-state index contributed by atoms with van der Waals surface area (Å²) in [6.45, 7) is 0. The summed E-state index contributed by atoms with van der Waals surface area (Å²) in [6.07, 6.45) is 3.71. The Morgan fingerprint density at radius 2 is 2.00 bits per heavy atom. The Balaban J connectivity index is 2.45. The Labute approximate surface area is 96.6 Å². The number of nitrogens with zero attached hydrogens (tertiary/aromatic N) is 1. The van der Waals surface area contributed by atoms with Gasteiger partial charge in [-0.15, -0.1) is 11.8 Å². The van der Waals surface area contributed by atoms with E-state index >= 15 is 0 Å². The Hall–Kier alpha value is -1.56. The summed E-state index contributed by atoms with van der Waals surface area (Å²) < 4.78 is 0. The Kier molecular flexibility index (Phi) is 2.82. The van der Waals surface area contributed by atoms with Gasteiger partial charge in [0.25, 0.3) is 11.8 Å². The van der Waals surface area contributed by atoms with Gasteiger partial charge in [0.2, 0.25) is 0 Å². The molecular weight excluding hydrogens is 226 g/mol. The van der Waals surface area contributed by atoms with E-state index in [-0.39, 0.29) is 11.3 Å². The predicted molar refractivity (Wildman–Crippen MR) is 60.2 cm³/mol. The predicted octanol–water partition coefficient (Wildman–Crippen LogP) is 0.534. The van der Waals surface area contributed by atoms with Crippen LogP contribution in [0.4, 0.5) is 0 Å². The van der Waals surface area contributed by atoms with Crippen LogP contribution in [0, 0.1) is 0 Å². The van der Waals surface area contributed by atoms with Crippen molar-refractivity contribution in [2.75, 3.05) is 0 Å². The number of amides is 2. The van der Waals surface area contributed by atoms with Crippen molar-refractivity contribution in [1.29, 1.82) is 0 Å². The Morgan fingerprint density at radius 1 is 1.31 bits per heavy atom. The number of pyridine rings is 1. The molecule has 1 aromatic rings.